The lowest BCUT2D eigenvalue weighted by Crippen LogP contribution is -2.32. The van der Waals surface area contributed by atoms with Crippen molar-refractivity contribution in [1.29, 1.82) is 0 Å². The maximum absolute atomic E-state index is 12.1. The van der Waals surface area contributed by atoms with Crippen molar-refractivity contribution < 1.29 is 4.79 Å². The summed E-state index contributed by atoms with van der Waals surface area (Å²) in [5, 5.41) is 13.5. The summed E-state index contributed by atoms with van der Waals surface area (Å²) in [6.45, 7) is 7.09. The number of carbonyl (C=O) groups is 1. The van der Waals surface area contributed by atoms with Crippen LogP contribution in [0, 0.1) is 20.8 Å². The zero-order valence-electron chi connectivity index (χ0n) is 17.9. The molecule has 2 heterocycles. The zero-order valence-corrected chi connectivity index (χ0v) is 17.9. The molecule has 7 heteroatoms. The number of hydrogen-bond acceptors (Lipinski definition) is 4. The highest BCUT2D eigenvalue weighted by Crippen LogP contribution is 2.25. The van der Waals surface area contributed by atoms with E-state index in [2.05, 4.69) is 40.1 Å². The van der Waals surface area contributed by atoms with Crippen LogP contribution >= 0.6 is 0 Å². The molecule has 3 N–H and O–H groups in total. The molecule has 0 aliphatic rings. The normalized spacial score (nSPS) is 10.8. The van der Waals surface area contributed by atoms with Gasteiger partial charge >= 0.3 is 6.03 Å². The Hall–Kier alpha value is -3.87. The molecule has 158 valence electrons. The highest BCUT2D eigenvalue weighted by Gasteiger charge is 2.12. The fourth-order valence-corrected chi connectivity index (χ4v) is 3.38. The van der Waals surface area contributed by atoms with Crippen molar-refractivity contribution in [1.82, 2.24) is 19.9 Å². The Bertz CT molecular complexity index is 1210. The Morgan fingerprint density at radius 3 is 2.52 bits per heavy atom. The molecule has 0 saturated heterocycles. The standard InChI is InChI=1S/C24H26N6O/c1-16-8-10-19(11-9-16)28-24(31)26-13-12-25-22-14-21(20-7-5-4-6-17(20)2)29-23-18(3)15-27-30(22)23/h4-11,14-15,25H,12-13H2,1-3H3,(H2,26,28,31). The third kappa shape index (κ3) is 4.66. The molecule has 0 spiro atoms. The molecule has 0 aliphatic heterocycles. The smallest absolute Gasteiger partial charge is 0.319 e. The number of carbonyl (C=O) groups excluding carboxylic acids is 1. The molecule has 2 amide bonds. The van der Waals surface area contributed by atoms with E-state index in [1.165, 1.54) is 0 Å². The highest BCUT2D eigenvalue weighted by atomic mass is 16.2. The van der Waals surface area contributed by atoms with E-state index in [4.69, 9.17) is 4.98 Å². The van der Waals surface area contributed by atoms with E-state index < -0.39 is 0 Å². The third-order valence-electron chi connectivity index (χ3n) is 5.10. The molecule has 0 aliphatic carbocycles. The van der Waals surface area contributed by atoms with Crippen molar-refractivity contribution in [2.45, 2.75) is 20.8 Å². The average molecular weight is 415 g/mol. The molecule has 2 aromatic carbocycles. The lowest BCUT2D eigenvalue weighted by atomic mass is 10.1. The highest BCUT2D eigenvalue weighted by molar-refractivity contribution is 5.89. The Labute approximate surface area is 181 Å². The van der Waals surface area contributed by atoms with Gasteiger partial charge in [-0.1, -0.05) is 42.0 Å². The van der Waals surface area contributed by atoms with Crippen molar-refractivity contribution in [3.05, 3.63) is 77.5 Å². The van der Waals surface area contributed by atoms with Gasteiger partial charge in [-0.05, 0) is 38.5 Å². The number of amides is 2. The van der Waals surface area contributed by atoms with Gasteiger partial charge < -0.3 is 16.0 Å². The maximum atomic E-state index is 12.1. The number of nitrogens with one attached hydrogen (secondary N) is 3. The summed E-state index contributed by atoms with van der Waals surface area (Å²) in [5.74, 6) is 0.831. The minimum atomic E-state index is -0.235. The van der Waals surface area contributed by atoms with Crippen LogP contribution in [0.1, 0.15) is 16.7 Å². The molecule has 4 aromatic rings. The number of fused-ring (bicyclic) bond motifs is 1. The fraction of sp³-hybridized carbons (Fsp3) is 0.208. The Kier molecular flexibility index (Phi) is 5.84. The second-order valence-corrected chi connectivity index (χ2v) is 7.58. The summed E-state index contributed by atoms with van der Waals surface area (Å²) in [7, 11) is 0. The van der Waals surface area contributed by atoms with Crippen LogP contribution in [0.3, 0.4) is 0 Å². The molecule has 0 unspecified atom stereocenters. The molecule has 0 saturated carbocycles. The van der Waals surface area contributed by atoms with Gasteiger partial charge in [0.25, 0.3) is 0 Å². The summed E-state index contributed by atoms with van der Waals surface area (Å²) in [5.41, 5.74) is 6.88. The van der Waals surface area contributed by atoms with Crippen molar-refractivity contribution >= 4 is 23.2 Å². The first-order chi connectivity index (χ1) is 15.0. The predicted molar refractivity (Wildman–Crippen MR) is 125 cm³/mol. The van der Waals surface area contributed by atoms with Crippen LogP contribution in [0.2, 0.25) is 0 Å². The van der Waals surface area contributed by atoms with Gasteiger partial charge in [0.05, 0.1) is 11.9 Å². The van der Waals surface area contributed by atoms with Crippen molar-refractivity contribution in [3.63, 3.8) is 0 Å². The molecule has 31 heavy (non-hydrogen) atoms. The summed E-state index contributed by atoms with van der Waals surface area (Å²) in [6, 6.07) is 17.6. The van der Waals surface area contributed by atoms with E-state index in [1.807, 2.05) is 62.5 Å². The quantitative estimate of drug-likeness (QED) is 0.404. The minimum absolute atomic E-state index is 0.235. The summed E-state index contributed by atoms with van der Waals surface area (Å²) in [4.78, 5) is 16.9. The van der Waals surface area contributed by atoms with Crippen LogP contribution in [0.4, 0.5) is 16.3 Å². The lowest BCUT2D eigenvalue weighted by Gasteiger charge is -2.13. The number of anilines is 2. The number of urea groups is 1. The second-order valence-electron chi connectivity index (χ2n) is 7.58. The number of nitrogens with zero attached hydrogens (tertiary/aromatic N) is 3. The van der Waals surface area contributed by atoms with Gasteiger partial charge in [-0.3, -0.25) is 0 Å². The number of rotatable bonds is 6. The SMILES string of the molecule is Cc1ccc(NC(=O)NCCNc2cc(-c3ccccc3C)nc3c(C)cnn23)cc1. The van der Waals surface area contributed by atoms with E-state index >= 15 is 0 Å². The van der Waals surface area contributed by atoms with Gasteiger partial charge in [0, 0.05) is 36.0 Å². The molecular weight excluding hydrogens is 388 g/mol. The van der Waals surface area contributed by atoms with Crippen molar-refractivity contribution in [3.8, 4) is 11.3 Å². The van der Waals surface area contributed by atoms with Gasteiger partial charge in [-0.25, -0.2) is 9.78 Å². The Balaban J connectivity index is 1.44. The molecular formula is C24H26N6O. The first-order valence-electron chi connectivity index (χ1n) is 10.3. The number of aromatic nitrogens is 3. The fourth-order valence-electron chi connectivity index (χ4n) is 3.38. The van der Waals surface area contributed by atoms with Gasteiger partial charge in [-0.2, -0.15) is 9.61 Å². The van der Waals surface area contributed by atoms with Crippen LogP contribution in [0.5, 0.6) is 0 Å². The minimum Gasteiger partial charge on any atom is -0.368 e. The maximum Gasteiger partial charge on any atom is 0.319 e. The van der Waals surface area contributed by atoms with E-state index in [0.717, 1.165) is 45.1 Å². The van der Waals surface area contributed by atoms with Crippen molar-refractivity contribution in [2.75, 3.05) is 23.7 Å². The van der Waals surface area contributed by atoms with E-state index in [1.54, 1.807) is 4.52 Å². The van der Waals surface area contributed by atoms with Gasteiger partial charge in [0.1, 0.15) is 5.82 Å². The van der Waals surface area contributed by atoms with Gasteiger partial charge in [0.15, 0.2) is 5.65 Å². The van der Waals surface area contributed by atoms with E-state index in [0.29, 0.717) is 13.1 Å². The Morgan fingerprint density at radius 1 is 0.968 bits per heavy atom. The zero-order chi connectivity index (χ0) is 21.8. The van der Waals surface area contributed by atoms with Crippen LogP contribution in [-0.4, -0.2) is 33.7 Å². The molecule has 2 aromatic heterocycles. The summed E-state index contributed by atoms with van der Waals surface area (Å²) in [6.07, 6.45) is 1.81. The third-order valence-corrected chi connectivity index (χ3v) is 5.10. The number of hydrogen-bond donors (Lipinski definition) is 3. The second kappa shape index (κ2) is 8.87. The average Bonchev–Trinajstić information content (AvgIpc) is 3.14. The Morgan fingerprint density at radius 2 is 1.74 bits per heavy atom. The molecule has 0 atom stereocenters. The first kappa shape index (κ1) is 20.4. The molecule has 4 rings (SSSR count). The summed E-state index contributed by atoms with van der Waals surface area (Å²) >= 11 is 0. The number of benzene rings is 2. The van der Waals surface area contributed by atoms with Crippen molar-refractivity contribution in [2.24, 2.45) is 0 Å². The lowest BCUT2D eigenvalue weighted by molar-refractivity contribution is 0.252. The predicted octanol–water partition coefficient (Wildman–Crippen LogP) is 4.56. The van der Waals surface area contributed by atoms with Gasteiger partial charge in [0.2, 0.25) is 0 Å². The van der Waals surface area contributed by atoms with E-state index in [-0.39, 0.29) is 6.03 Å². The number of aryl methyl sites for hydroxylation is 3. The van der Waals surface area contributed by atoms with Gasteiger partial charge in [-0.15, -0.1) is 0 Å². The van der Waals surface area contributed by atoms with Crippen LogP contribution in [0.15, 0.2) is 60.8 Å². The topological polar surface area (TPSA) is 83.4 Å². The summed E-state index contributed by atoms with van der Waals surface area (Å²) < 4.78 is 1.80. The van der Waals surface area contributed by atoms with E-state index in [9.17, 15) is 4.79 Å². The molecule has 0 bridgehead atoms. The largest absolute Gasteiger partial charge is 0.368 e. The van der Waals surface area contributed by atoms with Crippen LogP contribution < -0.4 is 16.0 Å². The first-order valence-corrected chi connectivity index (χ1v) is 10.3. The molecule has 0 fully saturated rings. The monoisotopic (exact) mass is 414 g/mol. The van der Waals surface area contributed by atoms with Crippen LogP contribution in [-0.2, 0) is 0 Å². The van der Waals surface area contributed by atoms with Crippen LogP contribution in [0.25, 0.3) is 16.9 Å². The molecule has 0 radical (unpaired) electrons. The molecule has 7 nitrogen and oxygen atoms in total.